The normalized spacial score (nSPS) is 24.8. The predicted octanol–water partition coefficient (Wildman–Crippen LogP) is 8.52. The molecular formula is C30H41N. The molecule has 4 rings (SSSR count). The molecule has 1 spiro atoms. The molecule has 0 aromatic heterocycles. The van der Waals surface area contributed by atoms with Crippen molar-refractivity contribution in [3.63, 3.8) is 0 Å². The Balaban J connectivity index is 1.70. The van der Waals surface area contributed by atoms with Crippen molar-refractivity contribution >= 4 is 11.4 Å². The third kappa shape index (κ3) is 4.81. The highest BCUT2D eigenvalue weighted by Crippen LogP contribution is 2.60. The van der Waals surface area contributed by atoms with Crippen LogP contribution in [0.1, 0.15) is 88.5 Å². The molecular weight excluding hydrogens is 374 g/mol. The number of nitrogens with zero attached hydrogens (tertiary/aromatic N) is 1. The van der Waals surface area contributed by atoms with Gasteiger partial charge in [0.1, 0.15) is 0 Å². The van der Waals surface area contributed by atoms with E-state index in [1.165, 1.54) is 66.5 Å². The van der Waals surface area contributed by atoms with E-state index in [4.69, 9.17) is 4.99 Å². The molecule has 2 aromatic rings. The van der Waals surface area contributed by atoms with E-state index < -0.39 is 0 Å². The molecule has 2 aliphatic carbocycles. The lowest BCUT2D eigenvalue weighted by atomic mass is 9.65. The van der Waals surface area contributed by atoms with Gasteiger partial charge < -0.3 is 0 Å². The zero-order chi connectivity index (χ0) is 22.2. The molecule has 2 aromatic carbocycles. The number of rotatable bonds is 6. The minimum atomic E-state index is -0.0264. The topological polar surface area (TPSA) is 12.4 Å². The van der Waals surface area contributed by atoms with Crippen molar-refractivity contribution in [1.29, 1.82) is 0 Å². The van der Waals surface area contributed by atoms with E-state index in [2.05, 4.69) is 84.0 Å². The Morgan fingerprint density at radius 2 is 1.77 bits per heavy atom. The van der Waals surface area contributed by atoms with E-state index in [1.54, 1.807) is 0 Å². The summed E-state index contributed by atoms with van der Waals surface area (Å²) in [6, 6.07) is 16.0. The van der Waals surface area contributed by atoms with Gasteiger partial charge in [0.15, 0.2) is 0 Å². The van der Waals surface area contributed by atoms with Crippen molar-refractivity contribution in [3.05, 3.63) is 64.7 Å². The number of aliphatic imine (C=N–C) groups is 1. The van der Waals surface area contributed by atoms with Gasteiger partial charge in [-0.1, -0.05) is 62.7 Å². The summed E-state index contributed by atoms with van der Waals surface area (Å²) in [4.78, 5) is 5.24. The minimum Gasteiger partial charge on any atom is -0.257 e. The summed E-state index contributed by atoms with van der Waals surface area (Å²) in [5.74, 6) is 1.66. The average molecular weight is 416 g/mol. The Bertz CT molecular complexity index is 947. The fourth-order valence-corrected chi connectivity index (χ4v) is 6.31. The van der Waals surface area contributed by atoms with Crippen LogP contribution < -0.4 is 0 Å². The highest BCUT2D eigenvalue weighted by Gasteiger charge is 2.49. The molecule has 3 atom stereocenters. The molecule has 0 bridgehead atoms. The van der Waals surface area contributed by atoms with Crippen LogP contribution in [0.5, 0.6) is 0 Å². The van der Waals surface area contributed by atoms with Gasteiger partial charge in [0, 0.05) is 11.1 Å². The fraction of sp³-hybridized carbons (Fsp3) is 0.567. The van der Waals surface area contributed by atoms with E-state index in [9.17, 15) is 0 Å². The summed E-state index contributed by atoms with van der Waals surface area (Å²) in [7, 11) is 0. The summed E-state index contributed by atoms with van der Waals surface area (Å²) >= 11 is 0. The Kier molecular flexibility index (Phi) is 6.16. The molecule has 0 amide bonds. The molecule has 2 saturated carbocycles. The van der Waals surface area contributed by atoms with Crippen molar-refractivity contribution < 1.29 is 0 Å². The van der Waals surface area contributed by atoms with Gasteiger partial charge in [-0.15, -0.1) is 0 Å². The molecule has 1 nitrogen and oxygen atoms in total. The van der Waals surface area contributed by atoms with E-state index in [-0.39, 0.29) is 5.41 Å². The predicted molar refractivity (Wildman–Crippen MR) is 135 cm³/mol. The third-order valence-electron chi connectivity index (χ3n) is 8.33. The van der Waals surface area contributed by atoms with Gasteiger partial charge in [-0.2, -0.15) is 0 Å². The Morgan fingerprint density at radius 1 is 1.06 bits per heavy atom. The lowest BCUT2D eigenvalue weighted by Crippen LogP contribution is -2.36. The van der Waals surface area contributed by atoms with Crippen LogP contribution in [0.15, 0.2) is 47.5 Å². The van der Waals surface area contributed by atoms with Gasteiger partial charge in [0.25, 0.3) is 0 Å². The maximum absolute atomic E-state index is 5.24. The lowest BCUT2D eigenvalue weighted by Gasteiger charge is -2.40. The van der Waals surface area contributed by atoms with E-state index in [0.29, 0.717) is 5.41 Å². The van der Waals surface area contributed by atoms with Gasteiger partial charge in [-0.25, -0.2) is 0 Å². The van der Waals surface area contributed by atoms with E-state index >= 15 is 0 Å². The van der Waals surface area contributed by atoms with Gasteiger partial charge in [-0.3, -0.25) is 4.99 Å². The zero-order valence-electron chi connectivity index (χ0n) is 20.6. The van der Waals surface area contributed by atoms with Gasteiger partial charge in [0.2, 0.25) is 0 Å². The molecule has 2 aliphatic rings. The second-order valence-corrected chi connectivity index (χ2v) is 11.2. The molecule has 3 unspecified atom stereocenters. The molecule has 0 heterocycles. The fourth-order valence-electron chi connectivity index (χ4n) is 6.31. The SMILES string of the molecule is CCc1ccc(C(C)(CC2CC(C)CC3(CC3)C2)C(C)=Nc2ccc(C)cc2C)cc1. The summed E-state index contributed by atoms with van der Waals surface area (Å²) in [5.41, 5.74) is 8.46. The van der Waals surface area contributed by atoms with Crippen LogP contribution in [0.25, 0.3) is 0 Å². The van der Waals surface area contributed by atoms with Crippen LogP contribution >= 0.6 is 0 Å². The lowest BCUT2D eigenvalue weighted by molar-refractivity contribution is 0.168. The van der Waals surface area contributed by atoms with Crippen LogP contribution in [0, 0.1) is 31.1 Å². The number of aryl methyl sites for hydroxylation is 3. The highest BCUT2D eigenvalue weighted by molar-refractivity contribution is 5.94. The molecule has 1 heteroatoms. The Hall–Kier alpha value is -1.89. The second-order valence-electron chi connectivity index (χ2n) is 11.2. The van der Waals surface area contributed by atoms with Crippen molar-refractivity contribution in [2.45, 2.75) is 91.9 Å². The Labute approximate surface area is 190 Å². The monoisotopic (exact) mass is 415 g/mol. The quantitative estimate of drug-likeness (QED) is 0.419. The van der Waals surface area contributed by atoms with Crippen molar-refractivity contribution in [3.8, 4) is 0 Å². The smallest absolute Gasteiger partial charge is 0.0658 e. The Morgan fingerprint density at radius 3 is 2.39 bits per heavy atom. The molecule has 0 saturated heterocycles. The van der Waals surface area contributed by atoms with Crippen LogP contribution in [0.4, 0.5) is 5.69 Å². The van der Waals surface area contributed by atoms with Crippen LogP contribution in [-0.4, -0.2) is 5.71 Å². The van der Waals surface area contributed by atoms with Crippen LogP contribution in [0.2, 0.25) is 0 Å². The third-order valence-corrected chi connectivity index (χ3v) is 8.33. The molecule has 0 aliphatic heterocycles. The molecule has 0 radical (unpaired) electrons. The minimum absolute atomic E-state index is 0.0264. The van der Waals surface area contributed by atoms with Crippen molar-refractivity contribution in [1.82, 2.24) is 0 Å². The summed E-state index contributed by atoms with van der Waals surface area (Å²) in [6.07, 6.45) is 9.50. The summed E-state index contributed by atoms with van der Waals surface area (Å²) < 4.78 is 0. The largest absolute Gasteiger partial charge is 0.257 e. The maximum atomic E-state index is 5.24. The van der Waals surface area contributed by atoms with Crippen LogP contribution in [-0.2, 0) is 11.8 Å². The highest BCUT2D eigenvalue weighted by atomic mass is 14.8. The first-order valence-electron chi connectivity index (χ1n) is 12.5. The standard InChI is InChI=1S/C30H41N/c1-7-25-9-11-27(12-10-25)29(6,19-26-17-22(3)18-30(20-26)14-15-30)24(5)31-28-13-8-21(2)16-23(28)4/h8-13,16,22,26H,7,14-15,17-20H2,1-6H3. The van der Waals surface area contributed by atoms with E-state index in [1.807, 2.05) is 0 Å². The second kappa shape index (κ2) is 8.57. The molecule has 0 N–H and O–H groups in total. The summed E-state index contributed by atoms with van der Waals surface area (Å²) in [6.45, 7) is 13.8. The van der Waals surface area contributed by atoms with Gasteiger partial charge >= 0.3 is 0 Å². The number of benzene rings is 2. The molecule has 166 valence electrons. The molecule has 2 fully saturated rings. The average Bonchev–Trinajstić information content (AvgIpc) is 3.46. The molecule has 31 heavy (non-hydrogen) atoms. The first kappa shape index (κ1) is 22.3. The maximum Gasteiger partial charge on any atom is 0.0658 e. The number of hydrogen-bond acceptors (Lipinski definition) is 1. The summed E-state index contributed by atoms with van der Waals surface area (Å²) in [5, 5.41) is 0. The van der Waals surface area contributed by atoms with Gasteiger partial charge in [-0.05, 0) is 106 Å². The zero-order valence-corrected chi connectivity index (χ0v) is 20.6. The first-order valence-corrected chi connectivity index (χ1v) is 12.5. The van der Waals surface area contributed by atoms with Crippen molar-refractivity contribution in [2.24, 2.45) is 22.2 Å². The number of hydrogen-bond donors (Lipinski definition) is 0. The van der Waals surface area contributed by atoms with E-state index in [0.717, 1.165) is 23.9 Å². The van der Waals surface area contributed by atoms with Crippen LogP contribution in [0.3, 0.4) is 0 Å². The van der Waals surface area contributed by atoms with Gasteiger partial charge in [0.05, 0.1) is 5.69 Å². The first-order chi connectivity index (χ1) is 14.7. The van der Waals surface area contributed by atoms with Crippen molar-refractivity contribution in [2.75, 3.05) is 0 Å².